The Labute approximate surface area is 84.5 Å². The Morgan fingerprint density at radius 2 is 2.36 bits per heavy atom. The number of hydrogen-bond donors (Lipinski definition) is 1. The minimum atomic E-state index is 0.805. The van der Waals surface area contributed by atoms with Crippen LogP contribution in [-0.2, 0) is 11.3 Å². The highest BCUT2D eigenvalue weighted by Gasteiger charge is 1.91. The first kappa shape index (κ1) is 11.1. The van der Waals surface area contributed by atoms with E-state index >= 15 is 0 Å². The van der Waals surface area contributed by atoms with E-state index in [-0.39, 0.29) is 0 Å². The molecule has 0 bridgehead atoms. The van der Waals surface area contributed by atoms with Crippen molar-refractivity contribution in [3.63, 3.8) is 0 Å². The Morgan fingerprint density at radius 1 is 1.43 bits per heavy atom. The number of rotatable bonds is 8. The van der Waals surface area contributed by atoms with Gasteiger partial charge in [0.15, 0.2) is 0 Å². The highest BCUT2D eigenvalue weighted by molar-refractivity contribution is 4.57. The van der Waals surface area contributed by atoms with E-state index in [4.69, 9.17) is 4.74 Å². The van der Waals surface area contributed by atoms with Crippen LogP contribution < -0.4 is 5.32 Å². The fraction of sp³-hybridized carbons (Fsp3) is 0.778. The summed E-state index contributed by atoms with van der Waals surface area (Å²) in [6.07, 6.45) is 4.34. The third-order valence-corrected chi connectivity index (χ3v) is 1.83. The summed E-state index contributed by atoms with van der Waals surface area (Å²) in [6, 6.07) is 0. The van der Waals surface area contributed by atoms with E-state index in [1.165, 1.54) is 0 Å². The Kier molecular flexibility index (Phi) is 5.94. The van der Waals surface area contributed by atoms with E-state index < -0.39 is 0 Å². The SMILES string of the molecule is CCOCCCNCCn1cncn1. The molecule has 0 amide bonds. The first-order chi connectivity index (χ1) is 6.93. The lowest BCUT2D eigenvalue weighted by Crippen LogP contribution is -2.22. The number of aromatic nitrogens is 3. The van der Waals surface area contributed by atoms with Gasteiger partial charge >= 0.3 is 0 Å². The van der Waals surface area contributed by atoms with Crippen molar-refractivity contribution in [3.05, 3.63) is 12.7 Å². The van der Waals surface area contributed by atoms with Gasteiger partial charge in [-0.15, -0.1) is 0 Å². The minimum Gasteiger partial charge on any atom is -0.382 e. The van der Waals surface area contributed by atoms with Crippen LogP contribution in [0.15, 0.2) is 12.7 Å². The average Bonchev–Trinajstić information content (AvgIpc) is 2.69. The highest BCUT2D eigenvalue weighted by atomic mass is 16.5. The van der Waals surface area contributed by atoms with Gasteiger partial charge in [0.05, 0.1) is 6.54 Å². The van der Waals surface area contributed by atoms with E-state index in [2.05, 4.69) is 15.4 Å². The van der Waals surface area contributed by atoms with Gasteiger partial charge in [0.2, 0.25) is 0 Å². The average molecular weight is 198 g/mol. The van der Waals surface area contributed by atoms with Crippen molar-refractivity contribution >= 4 is 0 Å². The quantitative estimate of drug-likeness (QED) is 0.610. The van der Waals surface area contributed by atoms with Gasteiger partial charge in [0, 0.05) is 19.8 Å². The molecular weight excluding hydrogens is 180 g/mol. The normalized spacial score (nSPS) is 10.6. The Morgan fingerprint density at radius 3 is 3.07 bits per heavy atom. The lowest BCUT2D eigenvalue weighted by molar-refractivity contribution is 0.144. The summed E-state index contributed by atoms with van der Waals surface area (Å²) in [5.41, 5.74) is 0. The molecule has 0 aromatic carbocycles. The van der Waals surface area contributed by atoms with Gasteiger partial charge in [-0.25, -0.2) is 4.98 Å². The number of ether oxygens (including phenoxy) is 1. The maximum Gasteiger partial charge on any atom is 0.137 e. The lowest BCUT2D eigenvalue weighted by atomic mass is 10.4. The molecule has 0 fully saturated rings. The molecule has 0 unspecified atom stereocenters. The summed E-state index contributed by atoms with van der Waals surface area (Å²) in [6.45, 7) is 6.45. The zero-order chi connectivity index (χ0) is 10.1. The van der Waals surface area contributed by atoms with Gasteiger partial charge in [-0.1, -0.05) is 0 Å². The minimum absolute atomic E-state index is 0.805. The van der Waals surface area contributed by atoms with Crippen LogP contribution in [-0.4, -0.2) is 41.1 Å². The fourth-order valence-electron chi connectivity index (χ4n) is 1.11. The van der Waals surface area contributed by atoms with Gasteiger partial charge in [0.25, 0.3) is 0 Å². The second-order valence-corrected chi connectivity index (χ2v) is 2.96. The van der Waals surface area contributed by atoms with Crippen LogP contribution >= 0.6 is 0 Å². The van der Waals surface area contributed by atoms with Crippen molar-refractivity contribution in [2.24, 2.45) is 0 Å². The van der Waals surface area contributed by atoms with Crippen LogP contribution in [0.4, 0.5) is 0 Å². The third kappa shape index (κ3) is 4.94. The molecule has 1 heterocycles. The van der Waals surface area contributed by atoms with Crippen molar-refractivity contribution in [2.45, 2.75) is 19.9 Å². The standard InChI is InChI=1S/C9H18N4O/c1-2-14-7-3-4-10-5-6-13-9-11-8-12-13/h8-10H,2-7H2,1H3. The zero-order valence-electron chi connectivity index (χ0n) is 8.65. The molecule has 0 spiro atoms. The molecule has 0 aliphatic carbocycles. The van der Waals surface area contributed by atoms with Gasteiger partial charge in [-0.3, -0.25) is 4.68 Å². The van der Waals surface area contributed by atoms with E-state index in [1.807, 2.05) is 11.6 Å². The summed E-state index contributed by atoms with van der Waals surface area (Å²) < 4.78 is 7.03. The molecular formula is C9H18N4O. The topological polar surface area (TPSA) is 52.0 Å². The Hall–Kier alpha value is -0.940. The molecule has 14 heavy (non-hydrogen) atoms. The zero-order valence-corrected chi connectivity index (χ0v) is 8.65. The number of nitrogens with zero attached hydrogens (tertiary/aromatic N) is 3. The van der Waals surface area contributed by atoms with Crippen LogP contribution in [0.3, 0.4) is 0 Å². The van der Waals surface area contributed by atoms with E-state index in [0.29, 0.717) is 0 Å². The molecule has 0 atom stereocenters. The molecule has 0 aliphatic rings. The maximum absolute atomic E-state index is 5.22. The van der Waals surface area contributed by atoms with Crippen LogP contribution in [0, 0.1) is 0 Å². The summed E-state index contributed by atoms with van der Waals surface area (Å²) in [5, 5.41) is 7.32. The molecule has 0 saturated heterocycles. The summed E-state index contributed by atoms with van der Waals surface area (Å²) >= 11 is 0. The molecule has 0 aliphatic heterocycles. The molecule has 0 saturated carbocycles. The van der Waals surface area contributed by atoms with Crippen molar-refractivity contribution in [2.75, 3.05) is 26.3 Å². The van der Waals surface area contributed by atoms with Gasteiger partial charge in [-0.05, 0) is 19.9 Å². The predicted octanol–water partition coefficient (Wildman–Crippen LogP) is 0.294. The van der Waals surface area contributed by atoms with Gasteiger partial charge in [-0.2, -0.15) is 5.10 Å². The first-order valence-electron chi connectivity index (χ1n) is 5.04. The van der Waals surface area contributed by atoms with Crippen LogP contribution in [0.1, 0.15) is 13.3 Å². The second-order valence-electron chi connectivity index (χ2n) is 2.96. The number of hydrogen-bond acceptors (Lipinski definition) is 4. The van der Waals surface area contributed by atoms with Crippen LogP contribution in [0.25, 0.3) is 0 Å². The van der Waals surface area contributed by atoms with E-state index in [1.54, 1.807) is 12.7 Å². The Bertz CT molecular complexity index is 213. The summed E-state index contributed by atoms with van der Waals surface area (Å²) in [7, 11) is 0. The molecule has 0 radical (unpaired) electrons. The van der Waals surface area contributed by atoms with Gasteiger partial charge in [0.1, 0.15) is 12.7 Å². The molecule has 5 heteroatoms. The second kappa shape index (κ2) is 7.46. The lowest BCUT2D eigenvalue weighted by Gasteiger charge is -2.04. The van der Waals surface area contributed by atoms with Crippen LogP contribution in [0.5, 0.6) is 0 Å². The monoisotopic (exact) mass is 198 g/mol. The molecule has 1 rings (SSSR count). The van der Waals surface area contributed by atoms with Crippen molar-refractivity contribution in [3.8, 4) is 0 Å². The van der Waals surface area contributed by atoms with Gasteiger partial charge < -0.3 is 10.1 Å². The third-order valence-electron chi connectivity index (χ3n) is 1.83. The molecule has 1 N–H and O–H groups in total. The summed E-state index contributed by atoms with van der Waals surface area (Å²) in [5.74, 6) is 0. The van der Waals surface area contributed by atoms with E-state index in [9.17, 15) is 0 Å². The largest absolute Gasteiger partial charge is 0.382 e. The highest BCUT2D eigenvalue weighted by Crippen LogP contribution is 1.81. The van der Waals surface area contributed by atoms with Crippen molar-refractivity contribution in [1.29, 1.82) is 0 Å². The van der Waals surface area contributed by atoms with E-state index in [0.717, 1.165) is 39.3 Å². The molecule has 1 aromatic heterocycles. The predicted molar refractivity (Wildman–Crippen MR) is 54.0 cm³/mol. The first-order valence-corrected chi connectivity index (χ1v) is 5.04. The Balaban J connectivity index is 1.85. The van der Waals surface area contributed by atoms with Crippen molar-refractivity contribution in [1.82, 2.24) is 20.1 Å². The molecule has 80 valence electrons. The number of nitrogens with one attached hydrogen (secondary N) is 1. The smallest absolute Gasteiger partial charge is 0.137 e. The summed E-state index contributed by atoms with van der Waals surface area (Å²) in [4.78, 5) is 3.87. The molecule has 1 aromatic rings. The fourth-order valence-corrected chi connectivity index (χ4v) is 1.11. The van der Waals surface area contributed by atoms with Crippen molar-refractivity contribution < 1.29 is 4.74 Å². The van der Waals surface area contributed by atoms with Crippen LogP contribution in [0.2, 0.25) is 0 Å². The maximum atomic E-state index is 5.22. The molecule has 5 nitrogen and oxygen atoms in total.